The van der Waals surface area contributed by atoms with Crippen molar-refractivity contribution < 1.29 is 18.0 Å². The maximum atomic E-state index is 13.2. The average molecular weight is 260 g/mol. The number of benzene rings is 1. The second-order valence-corrected chi connectivity index (χ2v) is 3.89. The quantitative estimate of drug-likeness (QED) is 0.772. The first-order valence-corrected chi connectivity index (χ1v) is 5.69. The van der Waals surface area contributed by atoms with Gasteiger partial charge in [-0.2, -0.15) is 0 Å². The van der Waals surface area contributed by atoms with Gasteiger partial charge in [0.2, 0.25) is 5.91 Å². The van der Waals surface area contributed by atoms with E-state index in [1.807, 2.05) is 0 Å². The standard InChI is InChI=1S/C12H15F3N2O/c13-8-6-9(14)12(10(15)7-8)17-11(18)4-2-1-3-5-16/h6-7H,1-5,16H2,(H,17,18). The van der Waals surface area contributed by atoms with Crippen molar-refractivity contribution in [3.8, 4) is 0 Å². The van der Waals surface area contributed by atoms with Gasteiger partial charge in [0.25, 0.3) is 0 Å². The Hall–Kier alpha value is -1.56. The van der Waals surface area contributed by atoms with Crippen molar-refractivity contribution in [1.29, 1.82) is 0 Å². The van der Waals surface area contributed by atoms with Crippen LogP contribution in [0.15, 0.2) is 12.1 Å². The van der Waals surface area contributed by atoms with Crippen LogP contribution in [0.25, 0.3) is 0 Å². The smallest absolute Gasteiger partial charge is 0.224 e. The van der Waals surface area contributed by atoms with E-state index in [1.165, 1.54) is 0 Å². The molecule has 0 fully saturated rings. The average Bonchev–Trinajstić information content (AvgIpc) is 2.29. The minimum atomic E-state index is -1.12. The van der Waals surface area contributed by atoms with E-state index < -0.39 is 29.0 Å². The van der Waals surface area contributed by atoms with Gasteiger partial charge in [0, 0.05) is 18.6 Å². The molecule has 0 saturated heterocycles. The van der Waals surface area contributed by atoms with Gasteiger partial charge in [-0.15, -0.1) is 0 Å². The third-order valence-electron chi connectivity index (χ3n) is 2.38. The van der Waals surface area contributed by atoms with Crippen molar-refractivity contribution >= 4 is 11.6 Å². The second kappa shape index (κ2) is 7.00. The normalized spacial score (nSPS) is 10.4. The number of carbonyl (C=O) groups is 1. The third kappa shape index (κ3) is 4.37. The predicted molar refractivity (Wildman–Crippen MR) is 62.5 cm³/mol. The second-order valence-electron chi connectivity index (χ2n) is 3.89. The van der Waals surface area contributed by atoms with Crippen LogP contribution in [0.3, 0.4) is 0 Å². The van der Waals surface area contributed by atoms with E-state index in [0.717, 1.165) is 12.8 Å². The monoisotopic (exact) mass is 260 g/mol. The molecule has 0 unspecified atom stereocenters. The summed E-state index contributed by atoms with van der Waals surface area (Å²) in [6.45, 7) is 0.544. The van der Waals surface area contributed by atoms with Gasteiger partial charge in [-0.05, 0) is 19.4 Å². The highest BCUT2D eigenvalue weighted by Gasteiger charge is 2.13. The Bertz CT molecular complexity index is 401. The van der Waals surface area contributed by atoms with Crippen LogP contribution in [-0.4, -0.2) is 12.5 Å². The fraction of sp³-hybridized carbons (Fsp3) is 0.417. The van der Waals surface area contributed by atoms with E-state index in [4.69, 9.17) is 5.73 Å². The van der Waals surface area contributed by atoms with E-state index in [9.17, 15) is 18.0 Å². The fourth-order valence-electron chi connectivity index (χ4n) is 1.47. The summed E-state index contributed by atoms with van der Waals surface area (Å²) < 4.78 is 39.0. The molecule has 1 aromatic rings. The highest BCUT2D eigenvalue weighted by Crippen LogP contribution is 2.20. The fourth-order valence-corrected chi connectivity index (χ4v) is 1.47. The number of nitrogens with two attached hydrogens (primary N) is 1. The van der Waals surface area contributed by atoms with Crippen molar-refractivity contribution in [2.45, 2.75) is 25.7 Å². The Morgan fingerprint density at radius 1 is 1.11 bits per heavy atom. The van der Waals surface area contributed by atoms with Crippen LogP contribution in [0, 0.1) is 17.5 Å². The Morgan fingerprint density at radius 2 is 1.72 bits per heavy atom. The Kier molecular flexibility index (Phi) is 5.64. The molecule has 0 saturated carbocycles. The largest absolute Gasteiger partial charge is 0.330 e. The number of halogens is 3. The molecular formula is C12H15F3N2O. The summed E-state index contributed by atoms with van der Waals surface area (Å²) in [6, 6.07) is 1.04. The summed E-state index contributed by atoms with van der Waals surface area (Å²) in [4.78, 5) is 11.4. The van der Waals surface area contributed by atoms with Crippen molar-refractivity contribution in [2.75, 3.05) is 11.9 Å². The SMILES string of the molecule is NCCCCCC(=O)Nc1c(F)cc(F)cc1F. The van der Waals surface area contributed by atoms with Gasteiger partial charge in [0.15, 0.2) is 11.6 Å². The first-order valence-electron chi connectivity index (χ1n) is 5.69. The van der Waals surface area contributed by atoms with E-state index >= 15 is 0 Å². The molecule has 0 atom stereocenters. The highest BCUT2D eigenvalue weighted by atomic mass is 19.1. The zero-order valence-electron chi connectivity index (χ0n) is 9.81. The third-order valence-corrected chi connectivity index (χ3v) is 2.38. The van der Waals surface area contributed by atoms with E-state index in [1.54, 1.807) is 0 Å². The summed E-state index contributed by atoms with van der Waals surface area (Å²) in [7, 11) is 0. The van der Waals surface area contributed by atoms with Gasteiger partial charge in [0.05, 0.1) is 0 Å². The van der Waals surface area contributed by atoms with Crippen molar-refractivity contribution in [3.63, 3.8) is 0 Å². The van der Waals surface area contributed by atoms with Crippen LogP contribution in [-0.2, 0) is 4.79 Å². The van der Waals surface area contributed by atoms with Gasteiger partial charge in [-0.1, -0.05) is 6.42 Å². The first-order chi connectivity index (χ1) is 8.54. The molecule has 0 aliphatic heterocycles. The number of hydrogen-bond acceptors (Lipinski definition) is 2. The molecule has 1 rings (SSSR count). The molecule has 18 heavy (non-hydrogen) atoms. The Labute approximate surface area is 103 Å². The Morgan fingerprint density at radius 3 is 2.28 bits per heavy atom. The van der Waals surface area contributed by atoms with E-state index in [2.05, 4.69) is 5.32 Å². The molecule has 0 aliphatic carbocycles. The van der Waals surface area contributed by atoms with Crippen LogP contribution in [0.5, 0.6) is 0 Å². The topological polar surface area (TPSA) is 55.1 Å². The van der Waals surface area contributed by atoms with Crippen molar-refractivity contribution in [1.82, 2.24) is 0 Å². The number of anilines is 1. The van der Waals surface area contributed by atoms with E-state index in [0.29, 0.717) is 25.1 Å². The van der Waals surface area contributed by atoms with Crippen LogP contribution in [0.4, 0.5) is 18.9 Å². The number of hydrogen-bond donors (Lipinski definition) is 2. The van der Waals surface area contributed by atoms with Gasteiger partial charge in [0.1, 0.15) is 11.5 Å². The Balaban J connectivity index is 2.54. The maximum absolute atomic E-state index is 13.2. The molecule has 0 aliphatic rings. The lowest BCUT2D eigenvalue weighted by atomic mass is 10.2. The van der Waals surface area contributed by atoms with E-state index in [-0.39, 0.29) is 6.42 Å². The number of unbranched alkanes of at least 4 members (excludes halogenated alkanes) is 2. The van der Waals surface area contributed by atoms with Gasteiger partial charge < -0.3 is 11.1 Å². The molecule has 3 N–H and O–H groups in total. The minimum absolute atomic E-state index is 0.149. The zero-order valence-corrected chi connectivity index (χ0v) is 9.81. The lowest BCUT2D eigenvalue weighted by Crippen LogP contribution is -2.14. The molecule has 0 radical (unpaired) electrons. The zero-order chi connectivity index (χ0) is 13.5. The summed E-state index contributed by atoms with van der Waals surface area (Å²) in [5, 5.41) is 2.10. The molecule has 6 heteroatoms. The number of rotatable bonds is 6. The molecule has 0 bridgehead atoms. The summed E-state index contributed by atoms with van der Waals surface area (Å²) in [6.07, 6.45) is 2.31. The summed E-state index contributed by atoms with van der Waals surface area (Å²) in [5.41, 5.74) is 4.68. The summed E-state index contributed by atoms with van der Waals surface area (Å²) in [5.74, 6) is -3.77. The molecule has 0 aromatic heterocycles. The lowest BCUT2D eigenvalue weighted by molar-refractivity contribution is -0.116. The molecule has 3 nitrogen and oxygen atoms in total. The molecular weight excluding hydrogens is 245 g/mol. The van der Waals surface area contributed by atoms with Gasteiger partial charge in [-0.3, -0.25) is 4.79 Å². The molecule has 1 aromatic carbocycles. The van der Waals surface area contributed by atoms with Crippen LogP contribution in [0.2, 0.25) is 0 Å². The maximum Gasteiger partial charge on any atom is 0.224 e. The minimum Gasteiger partial charge on any atom is -0.330 e. The van der Waals surface area contributed by atoms with Crippen molar-refractivity contribution in [3.05, 3.63) is 29.6 Å². The molecule has 0 spiro atoms. The molecule has 1 amide bonds. The summed E-state index contributed by atoms with van der Waals surface area (Å²) >= 11 is 0. The first kappa shape index (κ1) is 14.5. The number of carbonyl (C=O) groups excluding carboxylic acids is 1. The molecule has 0 heterocycles. The predicted octanol–water partition coefficient (Wildman–Crippen LogP) is 2.56. The van der Waals surface area contributed by atoms with Crippen molar-refractivity contribution in [2.24, 2.45) is 5.73 Å². The number of amides is 1. The van der Waals surface area contributed by atoms with Crippen LogP contribution in [0.1, 0.15) is 25.7 Å². The van der Waals surface area contributed by atoms with Crippen LogP contribution < -0.4 is 11.1 Å². The van der Waals surface area contributed by atoms with Crippen LogP contribution >= 0.6 is 0 Å². The van der Waals surface area contributed by atoms with Gasteiger partial charge >= 0.3 is 0 Å². The lowest BCUT2D eigenvalue weighted by Gasteiger charge is -2.07. The molecule has 100 valence electrons. The number of nitrogens with one attached hydrogen (secondary N) is 1. The van der Waals surface area contributed by atoms with Gasteiger partial charge in [-0.25, -0.2) is 13.2 Å². The highest BCUT2D eigenvalue weighted by molar-refractivity contribution is 5.90.